The van der Waals surface area contributed by atoms with Crippen molar-refractivity contribution in [3.63, 3.8) is 0 Å². The van der Waals surface area contributed by atoms with Crippen LogP contribution in [-0.2, 0) is 0 Å². The van der Waals surface area contributed by atoms with Gasteiger partial charge in [0.1, 0.15) is 11.3 Å². The maximum Gasteiger partial charge on any atom is 0.339 e. The first kappa shape index (κ1) is 21.3. The molecule has 0 atom stereocenters. The number of aromatic carboxylic acids is 2. The van der Waals surface area contributed by atoms with Crippen molar-refractivity contribution in [2.45, 2.75) is 0 Å². The summed E-state index contributed by atoms with van der Waals surface area (Å²) in [5, 5.41) is 37.9. The van der Waals surface area contributed by atoms with E-state index in [1.165, 1.54) is 25.3 Å². The molecule has 2 aromatic carbocycles. The zero-order valence-electron chi connectivity index (χ0n) is 13.5. The molecule has 0 saturated carbocycles. The predicted octanol–water partition coefficient (Wildman–Crippen LogP) is 3.25. The highest BCUT2D eigenvalue weighted by Gasteiger charge is 2.16. The zero-order valence-corrected chi connectivity index (χ0v) is 14.2. The van der Waals surface area contributed by atoms with Crippen molar-refractivity contribution in [1.29, 1.82) is 0 Å². The summed E-state index contributed by atoms with van der Waals surface area (Å²) in [5.41, 5.74) is -1.05. The molecular weight excluding hydrogens is 388 g/mol. The minimum Gasteiger partial charge on any atom is -0.496 e. The number of carboxylic acids is 2. The highest BCUT2D eigenvalue weighted by Crippen LogP contribution is 2.23. The van der Waals surface area contributed by atoms with E-state index in [2.05, 4.69) is 0 Å². The molecule has 0 unspecified atom stereocenters. The Hall–Kier alpha value is -3.73. The van der Waals surface area contributed by atoms with Crippen molar-refractivity contribution < 1.29 is 34.4 Å². The number of hydrogen-bond donors (Lipinski definition) is 2. The molecule has 0 saturated heterocycles. The summed E-state index contributed by atoms with van der Waals surface area (Å²) in [5.74, 6) is -2.44. The number of carbonyl (C=O) groups is 2. The molecule has 2 N–H and O–H groups in total. The third-order valence-corrected chi connectivity index (χ3v) is 3.35. The predicted molar refractivity (Wildman–Crippen MR) is 91.7 cm³/mol. The highest BCUT2D eigenvalue weighted by molar-refractivity contribution is 6.33. The Bertz CT molecular complexity index is 914. The third-order valence-electron chi connectivity index (χ3n) is 3.02. The third kappa shape index (κ3) is 5.64. The minimum atomic E-state index is -1.28. The van der Waals surface area contributed by atoms with Crippen molar-refractivity contribution in [1.82, 2.24) is 0 Å². The van der Waals surface area contributed by atoms with Gasteiger partial charge in [-0.05, 0) is 12.1 Å². The Morgan fingerprint density at radius 2 is 1.37 bits per heavy atom. The van der Waals surface area contributed by atoms with Gasteiger partial charge in [0.25, 0.3) is 11.4 Å². The lowest BCUT2D eigenvalue weighted by molar-refractivity contribution is -0.385. The number of hydrogen-bond acceptors (Lipinski definition) is 7. The second-order valence-electron chi connectivity index (χ2n) is 4.67. The van der Waals surface area contributed by atoms with E-state index in [0.717, 1.165) is 18.2 Å². The van der Waals surface area contributed by atoms with Crippen molar-refractivity contribution in [2.75, 3.05) is 7.11 Å². The van der Waals surface area contributed by atoms with Gasteiger partial charge in [-0.1, -0.05) is 11.6 Å². The summed E-state index contributed by atoms with van der Waals surface area (Å²) in [6, 6.07) is 6.65. The summed E-state index contributed by atoms with van der Waals surface area (Å²) in [6.45, 7) is 0. The number of non-ortho nitro benzene ring substituents is 2. The lowest BCUT2D eigenvalue weighted by atomic mass is 10.2. The van der Waals surface area contributed by atoms with Gasteiger partial charge in [-0.2, -0.15) is 0 Å². The van der Waals surface area contributed by atoms with Gasteiger partial charge < -0.3 is 14.9 Å². The van der Waals surface area contributed by atoms with Crippen LogP contribution in [0.1, 0.15) is 20.7 Å². The quantitative estimate of drug-likeness (QED) is 0.566. The van der Waals surface area contributed by atoms with Gasteiger partial charge in [-0.25, -0.2) is 9.59 Å². The van der Waals surface area contributed by atoms with Crippen molar-refractivity contribution in [2.24, 2.45) is 0 Å². The topological polar surface area (TPSA) is 170 Å². The maximum absolute atomic E-state index is 10.7. The zero-order chi connectivity index (χ0) is 20.7. The number of carboxylic acid groups (broad SMARTS) is 2. The van der Waals surface area contributed by atoms with Crippen LogP contribution in [0.25, 0.3) is 0 Å². The van der Waals surface area contributed by atoms with Gasteiger partial charge in [0.2, 0.25) is 0 Å². The highest BCUT2D eigenvalue weighted by atomic mass is 35.5. The van der Waals surface area contributed by atoms with E-state index >= 15 is 0 Å². The first-order valence-electron chi connectivity index (χ1n) is 6.81. The molecule has 0 heterocycles. The molecule has 27 heavy (non-hydrogen) atoms. The molecule has 2 aromatic rings. The maximum atomic E-state index is 10.7. The van der Waals surface area contributed by atoms with Crippen LogP contribution in [-0.4, -0.2) is 39.1 Å². The number of ether oxygens (including phenoxy) is 1. The largest absolute Gasteiger partial charge is 0.496 e. The van der Waals surface area contributed by atoms with Crippen LogP contribution >= 0.6 is 11.6 Å². The van der Waals surface area contributed by atoms with Crippen LogP contribution < -0.4 is 4.74 Å². The molecule has 0 aliphatic carbocycles. The average Bonchev–Trinajstić information content (AvgIpc) is 2.61. The first-order chi connectivity index (χ1) is 12.6. The van der Waals surface area contributed by atoms with Crippen molar-refractivity contribution >= 4 is 34.9 Å². The second kappa shape index (κ2) is 9.10. The van der Waals surface area contributed by atoms with Crippen LogP contribution in [0.4, 0.5) is 11.4 Å². The molecule has 2 rings (SSSR count). The first-order valence-corrected chi connectivity index (χ1v) is 7.19. The molecule has 0 aliphatic heterocycles. The summed E-state index contributed by atoms with van der Waals surface area (Å²) in [7, 11) is 1.30. The molecule has 142 valence electrons. The van der Waals surface area contributed by atoms with E-state index in [-0.39, 0.29) is 33.3 Å². The van der Waals surface area contributed by atoms with E-state index in [9.17, 15) is 29.8 Å². The standard InChI is InChI=1S/C8H7NO5.C7H4ClNO4/c1-14-7-3-2-5(9(12)13)4-6(7)8(10)11;8-6-2-1-4(9(12)13)3-5(6)7(10)11/h2-4H,1H3,(H,10,11);1-3H,(H,10,11). The summed E-state index contributed by atoms with van der Waals surface area (Å²) < 4.78 is 4.74. The second-order valence-corrected chi connectivity index (χ2v) is 5.08. The lowest BCUT2D eigenvalue weighted by Crippen LogP contribution is -2.01. The molecule has 12 heteroatoms. The van der Waals surface area contributed by atoms with Gasteiger partial charge in [-0.3, -0.25) is 20.2 Å². The van der Waals surface area contributed by atoms with Crippen molar-refractivity contribution in [3.05, 3.63) is 72.8 Å². The van der Waals surface area contributed by atoms with Gasteiger partial charge in [-0.15, -0.1) is 0 Å². The molecule has 0 amide bonds. The van der Waals surface area contributed by atoms with Crippen LogP contribution in [0.5, 0.6) is 5.75 Å². The number of benzene rings is 2. The van der Waals surface area contributed by atoms with Crippen LogP contribution in [0.15, 0.2) is 36.4 Å². The summed E-state index contributed by atoms with van der Waals surface area (Å²) >= 11 is 5.49. The normalized spacial score (nSPS) is 9.56. The fourth-order valence-electron chi connectivity index (χ4n) is 1.77. The fraction of sp³-hybridized carbons (Fsp3) is 0.0667. The van der Waals surface area contributed by atoms with E-state index < -0.39 is 21.8 Å². The SMILES string of the molecule is COc1ccc([N+](=O)[O-])cc1C(=O)O.O=C(O)c1cc([N+](=O)[O-])ccc1Cl. The monoisotopic (exact) mass is 398 g/mol. The van der Waals surface area contributed by atoms with Crippen LogP contribution in [0.2, 0.25) is 5.02 Å². The van der Waals surface area contributed by atoms with E-state index in [1.807, 2.05) is 0 Å². The van der Waals surface area contributed by atoms with Crippen LogP contribution in [0.3, 0.4) is 0 Å². The van der Waals surface area contributed by atoms with E-state index in [0.29, 0.717) is 0 Å². The summed E-state index contributed by atoms with van der Waals surface area (Å²) in [4.78, 5) is 40.4. The van der Waals surface area contributed by atoms with Crippen LogP contribution in [0, 0.1) is 20.2 Å². The Balaban J connectivity index is 0.000000271. The van der Waals surface area contributed by atoms with Gasteiger partial charge in [0, 0.05) is 24.3 Å². The fourth-order valence-corrected chi connectivity index (χ4v) is 1.97. The molecule has 0 bridgehead atoms. The smallest absolute Gasteiger partial charge is 0.339 e. The van der Waals surface area contributed by atoms with Gasteiger partial charge >= 0.3 is 11.9 Å². The Morgan fingerprint density at radius 3 is 1.78 bits per heavy atom. The molecule has 0 fully saturated rings. The number of nitro groups is 2. The summed E-state index contributed by atoms with van der Waals surface area (Å²) in [6.07, 6.45) is 0. The lowest BCUT2D eigenvalue weighted by Gasteiger charge is -2.03. The van der Waals surface area contributed by atoms with Gasteiger partial charge in [0.05, 0.1) is 27.5 Å². The Morgan fingerprint density at radius 1 is 0.926 bits per heavy atom. The number of rotatable bonds is 5. The molecular formula is C15H11ClN2O9. The number of methoxy groups -OCH3 is 1. The van der Waals surface area contributed by atoms with E-state index in [4.69, 9.17) is 26.6 Å². The molecule has 0 aliphatic rings. The molecule has 0 radical (unpaired) electrons. The molecule has 0 spiro atoms. The number of nitrogens with zero attached hydrogens (tertiary/aromatic N) is 2. The van der Waals surface area contributed by atoms with E-state index in [1.54, 1.807) is 0 Å². The average molecular weight is 399 g/mol. The Kier molecular flexibility index (Phi) is 7.19. The molecule has 0 aromatic heterocycles. The Labute approximate surface area is 155 Å². The molecule has 11 nitrogen and oxygen atoms in total. The van der Waals surface area contributed by atoms with Gasteiger partial charge in [0.15, 0.2) is 0 Å². The number of nitro benzene ring substituents is 2. The minimum absolute atomic E-state index is 0.0156. The van der Waals surface area contributed by atoms with Crippen molar-refractivity contribution in [3.8, 4) is 5.75 Å². The number of halogens is 1.